The van der Waals surface area contributed by atoms with Crippen molar-refractivity contribution >= 4 is 0 Å². The zero-order chi connectivity index (χ0) is 12.4. The maximum Gasteiger partial charge on any atom is 0.0950 e. The molecule has 1 aromatic rings. The van der Waals surface area contributed by atoms with E-state index in [-0.39, 0.29) is 0 Å². The van der Waals surface area contributed by atoms with E-state index in [0.29, 0.717) is 12.0 Å². The first kappa shape index (κ1) is 12.2. The molecule has 2 fully saturated rings. The summed E-state index contributed by atoms with van der Waals surface area (Å²) in [7, 11) is 0. The van der Waals surface area contributed by atoms with Crippen LogP contribution in [0.15, 0.2) is 12.5 Å². The first-order valence-electron chi connectivity index (χ1n) is 7.58. The molecule has 2 unspecified atom stereocenters. The fourth-order valence-corrected chi connectivity index (χ4v) is 3.72. The Labute approximate surface area is 110 Å². The molecule has 1 aliphatic carbocycles. The van der Waals surface area contributed by atoms with E-state index in [1.165, 1.54) is 44.2 Å². The maximum atomic E-state index is 4.42. The standard InChI is InChI=1S/C15H25N3/c1-12(13-5-3-2-4-6-13)18-11-17-10-15(18)14-7-8-16-9-14/h10-14,16H,2-9H2,1H3. The van der Waals surface area contributed by atoms with E-state index in [4.69, 9.17) is 0 Å². The fourth-order valence-electron chi connectivity index (χ4n) is 3.72. The zero-order valence-electron chi connectivity index (χ0n) is 11.4. The minimum absolute atomic E-state index is 0.628. The smallest absolute Gasteiger partial charge is 0.0950 e. The summed E-state index contributed by atoms with van der Waals surface area (Å²) in [5, 5.41) is 3.47. The minimum atomic E-state index is 0.628. The Kier molecular flexibility index (Phi) is 3.69. The van der Waals surface area contributed by atoms with Crippen LogP contribution in [0.25, 0.3) is 0 Å². The highest BCUT2D eigenvalue weighted by Crippen LogP contribution is 2.35. The van der Waals surface area contributed by atoms with Gasteiger partial charge < -0.3 is 9.88 Å². The second kappa shape index (κ2) is 5.43. The third-order valence-corrected chi connectivity index (χ3v) is 4.95. The van der Waals surface area contributed by atoms with Crippen LogP contribution in [-0.4, -0.2) is 22.6 Å². The summed E-state index contributed by atoms with van der Waals surface area (Å²) in [4.78, 5) is 4.42. The van der Waals surface area contributed by atoms with Crippen LogP contribution in [0.2, 0.25) is 0 Å². The summed E-state index contributed by atoms with van der Waals surface area (Å²) in [6.45, 7) is 4.68. The summed E-state index contributed by atoms with van der Waals surface area (Å²) in [5.74, 6) is 1.54. The van der Waals surface area contributed by atoms with Crippen LogP contribution in [0.3, 0.4) is 0 Å². The quantitative estimate of drug-likeness (QED) is 0.889. The Morgan fingerprint density at radius 2 is 2.11 bits per heavy atom. The molecule has 0 aromatic carbocycles. The number of aromatic nitrogens is 2. The summed E-state index contributed by atoms with van der Waals surface area (Å²) in [6.07, 6.45) is 12.5. The predicted molar refractivity (Wildman–Crippen MR) is 73.7 cm³/mol. The molecule has 18 heavy (non-hydrogen) atoms. The van der Waals surface area contributed by atoms with Gasteiger partial charge in [-0.05, 0) is 38.6 Å². The van der Waals surface area contributed by atoms with Gasteiger partial charge in [-0.25, -0.2) is 4.98 Å². The molecule has 0 spiro atoms. The van der Waals surface area contributed by atoms with Crippen molar-refractivity contribution in [1.29, 1.82) is 0 Å². The molecular weight excluding hydrogens is 222 g/mol. The van der Waals surface area contributed by atoms with Gasteiger partial charge in [0.25, 0.3) is 0 Å². The first-order valence-corrected chi connectivity index (χ1v) is 7.58. The molecule has 1 saturated heterocycles. The molecule has 1 saturated carbocycles. The highest BCUT2D eigenvalue weighted by molar-refractivity contribution is 5.10. The van der Waals surface area contributed by atoms with Crippen LogP contribution in [0.1, 0.15) is 63.1 Å². The number of rotatable bonds is 3. The maximum absolute atomic E-state index is 4.42. The summed E-state index contributed by atoms with van der Waals surface area (Å²) in [5.41, 5.74) is 1.46. The molecule has 3 nitrogen and oxygen atoms in total. The lowest BCUT2D eigenvalue weighted by Crippen LogP contribution is -2.21. The number of hydrogen-bond donors (Lipinski definition) is 1. The Balaban J connectivity index is 1.76. The fraction of sp³-hybridized carbons (Fsp3) is 0.800. The minimum Gasteiger partial charge on any atom is -0.331 e. The molecule has 2 aliphatic rings. The third kappa shape index (κ3) is 2.33. The van der Waals surface area contributed by atoms with Crippen molar-refractivity contribution in [3.05, 3.63) is 18.2 Å². The summed E-state index contributed by atoms with van der Waals surface area (Å²) < 4.78 is 2.47. The van der Waals surface area contributed by atoms with Gasteiger partial charge in [0.2, 0.25) is 0 Å². The molecule has 100 valence electrons. The Hall–Kier alpha value is -0.830. The monoisotopic (exact) mass is 247 g/mol. The normalized spacial score (nSPS) is 27.5. The Bertz CT molecular complexity index is 373. The summed E-state index contributed by atoms with van der Waals surface area (Å²) >= 11 is 0. The Morgan fingerprint density at radius 3 is 2.83 bits per heavy atom. The molecule has 0 bridgehead atoms. The molecule has 0 radical (unpaired) electrons. The molecule has 2 atom stereocenters. The first-order chi connectivity index (χ1) is 8.86. The lowest BCUT2D eigenvalue weighted by atomic mass is 9.84. The van der Waals surface area contributed by atoms with Crippen molar-refractivity contribution in [3.63, 3.8) is 0 Å². The highest BCUT2D eigenvalue weighted by Gasteiger charge is 2.26. The second-order valence-electron chi connectivity index (χ2n) is 6.05. The number of imidazole rings is 1. The van der Waals surface area contributed by atoms with Crippen molar-refractivity contribution in [2.75, 3.05) is 13.1 Å². The van der Waals surface area contributed by atoms with Crippen molar-refractivity contribution in [3.8, 4) is 0 Å². The van der Waals surface area contributed by atoms with Gasteiger partial charge in [-0.1, -0.05) is 19.3 Å². The van der Waals surface area contributed by atoms with E-state index in [1.807, 2.05) is 0 Å². The highest BCUT2D eigenvalue weighted by atomic mass is 15.1. The van der Waals surface area contributed by atoms with E-state index in [0.717, 1.165) is 19.0 Å². The van der Waals surface area contributed by atoms with Gasteiger partial charge in [0, 0.05) is 30.4 Å². The number of hydrogen-bond acceptors (Lipinski definition) is 2. The van der Waals surface area contributed by atoms with Crippen LogP contribution in [0, 0.1) is 5.92 Å². The zero-order valence-corrected chi connectivity index (χ0v) is 11.4. The van der Waals surface area contributed by atoms with Crippen LogP contribution < -0.4 is 5.32 Å². The van der Waals surface area contributed by atoms with Gasteiger partial charge in [0.05, 0.1) is 6.33 Å². The van der Waals surface area contributed by atoms with Crippen molar-refractivity contribution in [1.82, 2.24) is 14.9 Å². The van der Waals surface area contributed by atoms with Gasteiger partial charge in [0.1, 0.15) is 0 Å². The Morgan fingerprint density at radius 1 is 1.28 bits per heavy atom. The second-order valence-corrected chi connectivity index (χ2v) is 6.05. The average Bonchev–Trinajstić information content (AvgIpc) is 3.09. The van der Waals surface area contributed by atoms with Gasteiger partial charge >= 0.3 is 0 Å². The van der Waals surface area contributed by atoms with Crippen molar-refractivity contribution < 1.29 is 0 Å². The van der Waals surface area contributed by atoms with E-state index in [9.17, 15) is 0 Å². The molecule has 1 N–H and O–H groups in total. The average molecular weight is 247 g/mol. The van der Waals surface area contributed by atoms with E-state index in [2.05, 4.69) is 34.3 Å². The molecular formula is C15H25N3. The largest absolute Gasteiger partial charge is 0.331 e. The third-order valence-electron chi connectivity index (χ3n) is 4.95. The molecule has 1 aromatic heterocycles. The number of nitrogens with zero attached hydrogens (tertiary/aromatic N) is 2. The van der Waals surface area contributed by atoms with Crippen molar-refractivity contribution in [2.24, 2.45) is 5.92 Å². The van der Waals surface area contributed by atoms with Crippen LogP contribution in [-0.2, 0) is 0 Å². The van der Waals surface area contributed by atoms with E-state index in [1.54, 1.807) is 0 Å². The SMILES string of the molecule is CC(C1CCCCC1)n1cncc1C1CCNC1. The van der Waals surface area contributed by atoms with E-state index >= 15 is 0 Å². The summed E-state index contributed by atoms with van der Waals surface area (Å²) in [6, 6.07) is 0.628. The molecule has 3 heteroatoms. The van der Waals surface area contributed by atoms with Crippen molar-refractivity contribution in [2.45, 2.75) is 57.4 Å². The predicted octanol–water partition coefficient (Wildman–Crippen LogP) is 3.10. The lowest BCUT2D eigenvalue weighted by molar-refractivity contribution is 0.259. The van der Waals surface area contributed by atoms with Crippen LogP contribution >= 0.6 is 0 Å². The molecule has 1 aliphatic heterocycles. The van der Waals surface area contributed by atoms with Gasteiger partial charge in [0.15, 0.2) is 0 Å². The van der Waals surface area contributed by atoms with Crippen LogP contribution in [0.4, 0.5) is 0 Å². The topological polar surface area (TPSA) is 29.9 Å². The molecule has 2 heterocycles. The lowest BCUT2D eigenvalue weighted by Gasteiger charge is -2.30. The van der Waals surface area contributed by atoms with Gasteiger partial charge in [-0.15, -0.1) is 0 Å². The molecule has 3 rings (SSSR count). The molecule has 0 amide bonds. The van der Waals surface area contributed by atoms with Gasteiger partial charge in [-0.2, -0.15) is 0 Å². The van der Waals surface area contributed by atoms with Crippen LogP contribution in [0.5, 0.6) is 0 Å². The van der Waals surface area contributed by atoms with E-state index < -0.39 is 0 Å². The van der Waals surface area contributed by atoms with Gasteiger partial charge in [-0.3, -0.25) is 0 Å². The number of nitrogens with one attached hydrogen (secondary N) is 1.